The number of methoxy groups -OCH3 is 1. The van der Waals surface area contributed by atoms with Gasteiger partial charge in [0.15, 0.2) is 5.82 Å². The molecule has 0 saturated carbocycles. The summed E-state index contributed by atoms with van der Waals surface area (Å²) in [6.45, 7) is 2.22. The van der Waals surface area contributed by atoms with Gasteiger partial charge in [0.1, 0.15) is 5.82 Å². The number of halogens is 1. The van der Waals surface area contributed by atoms with Crippen LogP contribution in [0.15, 0.2) is 41.8 Å². The van der Waals surface area contributed by atoms with E-state index in [1.165, 1.54) is 23.5 Å². The molecule has 130 valence electrons. The molecule has 0 aliphatic carbocycles. The summed E-state index contributed by atoms with van der Waals surface area (Å²) < 4.78 is 19.8. The van der Waals surface area contributed by atoms with Gasteiger partial charge in [-0.1, -0.05) is 6.07 Å². The number of amides is 1. The number of rotatable bonds is 6. The molecule has 0 saturated heterocycles. The Morgan fingerprint density at radius 2 is 2.12 bits per heavy atom. The molecule has 25 heavy (non-hydrogen) atoms. The summed E-state index contributed by atoms with van der Waals surface area (Å²) in [6.07, 6.45) is 0. The lowest BCUT2D eigenvalue weighted by Crippen LogP contribution is -2.36. The van der Waals surface area contributed by atoms with Gasteiger partial charge < -0.3 is 10.1 Å². The minimum Gasteiger partial charge on any atom is -0.383 e. The zero-order valence-corrected chi connectivity index (χ0v) is 14.6. The average molecular weight is 360 g/mol. The Morgan fingerprint density at radius 1 is 1.36 bits per heavy atom. The van der Waals surface area contributed by atoms with Crippen molar-refractivity contribution in [1.82, 2.24) is 20.1 Å². The highest BCUT2D eigenvalue weighted by Gasteiger charge is 2.20. The first kappa shape index (κ1) is 17.2. The normalized spacial score (nSPS) is 12.1. The summed E-state index contributed by atoms with van der Waals surface area (Å²) in [5.41, 5.74) is 0.626. The Kier molecular flexibility index (Phi) is 5.20. The van der Waals surface area contributed by atoms with Gasteiger partial charge in [-0.2, -0.15) is 0 Å². The molecule has 6 nitrogen and oxygen atoms in total. The number of thiophene rings is 1. The number of nitrogens with one attached hydrogen (secondary N) is 1. The van der Waals surface area contributed by atoms with Crippen LogP contribution in [0.5, 0.6) is 0 Å². The van der Waals surface area contributed by atoms with Gasteiger partial charge in [-0.3, -0.25) is 4.79 Å². The van der Waals surface area contributed by atoms with Crippen LogP contribution < -0.4 is 5.32 Å². The molecule has 1 amide bonds. The van der Waals surface area contributed by atoms with Crippen LogP contribution in [0, 0.1) is 5.82 Å². The van der Waals surface area contributed by atoms with E-state index in [2.05, 4.69) is 15.4 Å². The number of benzene rings is 1. The first-order valence-corrected chi connectivity index (χ1v) is 8.53. The monoisotopic (exact) mass is 360 g/mol. The Hall–Kier alpha value is -2.58. The molecule has 0 aliphatic rings. The minimum absolute atomic E-state index is 0.0516. The van der Waals surface area contributed by atoms with Crippen LogP contribution in [-0.4, -0.2) is 40.4 Å². The third kappa shape index (κ3) is 3.92. The van der Waals surface area contributed by atoms with E-state index >= 15 is 0 Å². The number of aromatic nitrogens is 3. The van der Waals surface area contributed by atoms with E-state index in [4.69, 9.17) is 4.74 Å². The van der Waals surface area contributed by atoms with Crippen molar-refractivity contribution in [1.29, 1.82) is 0 Å². The van der Waals surface area contributed by atoms with Crippen molar-refractivity contribution in [3.05, 3.63) is 53.4 Å². The molecule has 0 aliphatic heterocycles. The fraction of sp³-hybridized carbons (Fsp3) is 0.235. The van der Waals surface area contributed by atoms with Gasteiger partial charge in [0.05, 0.1) is 17.2 Å². The molecular formula is C17H17FN4O2S. The van der Waals surface area contributed by atoms with Crippen molar-refractivity contribution in [3.8, 4) is 16.4 Å². The maximum atomic E-state index is 13.2. The zero-order valence-electron chi connectivity index (χ0n) is 13.8. The summed E-state index contributed by atoms with van der Waals surface area (Å²) in [7, 11) is 1.57. The third-order valence-electron chi connectivity index (χ3n) is 3.42. The smallest absolute Gasteiger partial charge is 0.291 e. The summed E-state index contributed by atoms with van der Waals surface area (Å²) in [4.78, 5) is 17.6. The summed E-state index contributed by atoms with van der Waals surface area (Å²) in [6, 6.07) is 9.49. The minimum atomic E-state index is -0.386. The van der Waals surface area contributed by atoms with Crippen molar-refractivity contribution in [2.75, 3.05) is 13.7 Å². The number of hydrogen-bond acceptors (Lipinski definition) is 5. The predicted molar refractivity (Wildman–Crippen MR) is 93.4 cm³/mol. The van der Waals surface area contributed by atoms with Gasteiger partial charge in [-0.05, 0) is 42.6 Å². The largest absolute Gasteiger partial charge is 0.383 e. The molecule has 0 fully saturated rings. The molecule has 1 unspecified atom stereocenters. The van der Waals surface area contributed by atoms with E-state index < -0.39 is 0 Å². The molecule has 2 heterocycles. The molecule has 3 aromatic rings. The van der Waals surface area contributed by atoms with Crippen molar-refractivity contribution in [2.45, 2.75) is 13.0 Å². The maximum Gasteiger partial charge on any atom is 0.291 e. The van der Waals surface area contributed by atoms with E-state index in [1.54, 1.807) is 23.9 Å². The lowest BCUT2D eigenvalue weighted by molar-refractivity contribution is 0.0895. The van der Waals surface area contributed by atoms with E-state index in [0.717, 1.165) is 4.88 Å². The van der Waals surface area contributed by atoms with Crippen molar-refractivity contribution in [3.63, 3.8) is 0 Å². The van der Waals surface area contributed by atoms with Crippen LogP contribution in [-0.2, 0) is 4.74 Å². The van der Waals surface area contributed by atoms with E-state index in [9.17, 15) is 9.18 Å². The SMILES string of the molecule is COCC(C)NC(=O)c1nc(-c2cccs2)n(-c2ccc(F)cc2)n1. The highest BCUT2D eigenvalue weighted by Crippen LogP contribution is 2.25. The first-order chi connectivity index (χ1) is 12.1. The van der Waals surface area contributed by atoms with Gasteiger partial charge in [-0.25, -0.2) is 14.1 Å². The van der Waals surface area contributed by atoms with E-state index in [1.807, 2.05) is 24.4 Å². The Labute approximate surface area is 148 Å². The molecule has 1 atom stereocenters. The number of carbonyl (C=O) groups excluding carboxylic acids is 1. The van der Waals surface area contributed by atoms with Gasteiger partial charge >= 0.3 is 0 Å². The highest BCUT2D eigenvalue weighted by molar-refractivity contribution is 7.13. The van der Waals surface area contributed by atoms with Crippen molar-refractivity contribution >= 4 is 17.2 Å². The zero-order chi connectivity index (χ0) is 17.8. The number of hydrogen-bond donors (Lipinski definition) is 1. The fourth-order valence-electron chi connectivity index (χ4n) is 2.32. The van der Waals surface area contributed by atoms with Crippen LogP contribution in [0.1, 0.15) is 17.5 Å². The van der Waals surface area contributed by atoms with E-state index in [0.29, 0.717) is 18.1 Å². The van der Waals surface area contributed by atoms with Crippen molar-refractivity contribution in [2.24, 2.45) is 0 Å². The van der Waals surface area contributed by atoms with Gasteiger partial charge in [0, 0.05) is 13.2 Å². The molecule has 0 spiro atoms. The Balaban J connectivity index is 1.97. The maximum absolute atomic E-state index is 13.2. The second-order valence-corrected chi connectivity index (χ2v) is 6.40. The summed E-state index contributed by atoms with van der Waals surface area (Å²) in [5.74, 6) is -0.141. The summed E-state index contributed by atoms with van der Waals surface area (Å²) in [5, 5.41) is 9.02. The molecule has 8 heteroatoms. The van der Waals surface area contributed by atoms with Crippen LogP contribution >= 0.6 is 11.3 Å². The molecule has 2 aromatic heterocycles. The van der Waals surface area contributed by atoms with Crippen LogP contribution in [0.4, 0.5) is 4.39 Å². The Bertz CT molecular complexity index is 846. The van der Waals surface area contributed by atoms with Gasteiger partial charge in [-0.15, -0.1) is 16.4 Å². The Morgan fingerprint density at radius 3 is 2.76 bits per heavy atom. The van der Waals surface area contributed by atoms with Crippen LogP contribution in [0.3, 0.4) is 0 Å². The quantitative estimate of drug-likeness (QED) is 0.734. The third-order valence-corrected chi connectivity index (χ3v) is 4.28. The van der Waals surface area contributed by atoms with Crippen LogP contribution in [0.2, 0.25) is 0 Å². The second kappa shape index (κ2) is 7.54. The predicted octanol–water partition coefficient (Wildman–Crippen LogP) is 2.90. The lowest BCUT2D eigenvalue weighted by Gasteiger charge is -2.10. The molecule has 3 rings (SSSR count). The van der Waals surface area contributed by atoms with Crippen LogP contribution in [0.25, 0.3) is 16.4 Å². The summed E-state index contributed by atoms with van der Waals surface area (Å²) >= 11 is 1.49. The van der Waals surface area contributed by atoms with Crippen molar-refractivity contribution < 1.29 is 13.9 Å². The molecule has 1 N–H and O–H groups in total. The van der Waals surface area contributed by atoms with E-state index in [-0.39, 0.29) is 23.6 Å². The van der Waals surface area contributed by atoms with Gasteiger partial charge in [0.25, 0.3) is 5.91 Å². The van der Waals surface area contributed by atoms with Gasteiger partial charge in [0.2, 0.25) is 5.82 Å². The standard InChI is InChI=1S/C17H17FN4O2S/c1-11(10-24-2)19-17(23)15-20-16(14-4-3-9-25-14)22(21-15)13-7-5-12(18)6-8-13/h3-9,11H,10H2,1-2H3,(H,19,23). The highest BCUT2D eigenvalue weighted by atomic mass is 32.1. The number of carbonyl (C=O) groups is 1. The topological polar surface area (TPSA) is 69.0 Å². The molecule has 1 aromatic carbocycles. The first-order valence-electron chi connectivity index (χ1n) is 7.65. The number of ether oxygens (including phenoxy) is 1. The molecule has 0 bridgehead atoms. The average Bonchev–Trinajstić information content (AvgIpc) is 3.25. The fourth-order valence-corrected chi connectivity index (χ4v) is 3.01. The second-order valence-electron chi connectivity index (χ2n) is 5.45. The molecule has 0 radical (unpaired) electrons. The lowest BCUT2D eigenvalue weighted by atomic mass is 10.3. The molecular weight excluding hydrogens is 343 g/mol. The number of nitrogens with zero attached hydrogens (tertiary/aromatic N) is 3.